The molecule has 0 aliphatic rings. The van der Waals surface area contributed by atoms with Gasteiger partial charge in [0, 0.05) is 6.54 Å². The van der Waals surface area contributed by atoms with Crippen LogP contribution in [0.15, 0.2) is 0 Å². The second kappa shape index (κ2) is 9.26. The maximum absolute atomic E-state index is 11.5. The molecule has 0 bridgehead atoms. The molecule has 7 heteroatoms. The molecule has 7 nitrogen and oxygen atoms in total. The van der Waals surface area contributed by atoms with Crippen LogP contribution in [0.25, 0.3) is 0 Å². The Labute approximate surface area is 106 Å². The molecule has 0 unspecified atom stereocenters. The molecular weight excluding hydrogens is 242 g/mol. The normalized spacial score (nSPS) is 9.78. The lowest BCUT2D eigenvalue weighted by atomic mass is 10.1. The zero-order chi connectivity index (χ0) is 14.0. The SMILES string of the molecule is CCOC(=O)C(CCNC(=O)OC)C(=O)OCC. The molecule has 0 fully saturated rings. The summed E-state index contributed by atoms with van der Waals surface area (Å²) in [5.74, 6) is -2.33. The number of carbonyl (C=O) groups excluding carboxylic acids is 3. The molecule has 0 radical (unpaired) electrons. The molecule has 0 aliphatic heterocycles. The summed E-state index contributed by atoms with van der Waals surface area (Å²) in [5, 5.41) is 2.38. The molecule has 0 atom stereocenters. The fourth-order valence-corrected chi connectivity index (χ4v) is 1.21. The lowest BCUT2D eigenvalue weighted by Gasteiger charge is -2.14. The van der Waals surface area contributed by atoms with E-state index < -0.39 is 23.9 Å². The largest absolute Gasteiger partial charge is 0.465 e. The molecule has 0 aromatic heterocycles. The number of amides is 1. The highest BCUT2D eigenvalue weighted by Gasteiger charge is 2.29. The van der Waals surface area contributed by atoms with Gasteiger partial charge < -0.3 is 19.5 Å². The van der Waals surface area contributed by atoms with Crippen LogP contribution in [0, 0.1) is 5.92 Å². The van der Waals surface area contributed by atoms with E-state index in [2.05, 4.69) is 10.1 Å². The third-order valence-corrected chi connectivity index (χ3v) is 2.03. The Morgan fingerprint density at radius 3 is 1.94 bits per heavy atom. The predicted octanol–water partition coefficient (Wildman–Crippen LogP) is 0.475. The van der Waals surface area contributed by atoms with Gasteiger partial charge >= 0.3 is 18.0 Å². The minimum absolute atomic E-state index is 0.104. The lowest BCUT2D eigenvalue weighted by molar-refractivity contribution is -0.161. The molecular formula is C11H19NO6. The Morgan fingerprint density at radius 2 is 1.56 bits per heavy atom. The smallest absolute Gasteiger partial charge is 0.406 e. The topological polar surface area (TPSA) is 90.9 Å². The summed E-state index contributed by atoms with van der Waals surface area (Å²) >= 11 is 0. The average Bonchev–Trinajstić information content (AvgIpc) is 2.34. The zero-order valence-electron chi connectivity index (χ0n) is 10.9. The second-order valence-electron chi connectivity index (χ2n) is 3.26. The number of nitrogens with one attached hydrogen (secondary N) is 1. The van der Waals surface area contributed by atoms with Crippen molar-refractivity contribution in [2.45, 2.75) is 20.3 Å². The van der Waals surface area contributed by atoms with E-state index in [1.165, 1.54) is 7.11 Å². The molecule has 0 aromatic rings. The number of methoxy groups -OCH3 is 1. The number of ether oxygens (including phenoxy) is 3. The van der Waals surface area contributed by atoms with Gasteiger partial charge in [0.15, 0.2) is 5.92 Å². The van der Waals surface area contributed by atoms with Crippen LogP contribution >= 0.6 is 0 Å². The Kier molecular flexibility index (Phi) is 8.34. The molecule has 18 heavy (non-hydrogen) atoms. The van der Waals surface area contributed by atoms with Crippen LogP contribution in [-0.2, 0) is 23.8 Å². The molecule has 1 amide bonds. The molecule has 0 saturated heterocycles. The maximum atomic E-state index is 11.5. The van der Waals surface area contributed by atoms with Gasteiger partial charge in [0.25, 0.3) is 0 Å². The highest BCUT2D eigenvalue weighted by molar-refractivity contribution is 5.94. The molecule has 0 aromatic carbocycles. The molecule has 1 N–H and O–H groups in total. The van der Waals surface area contributed by atoms with Crippen molar-refractivity contribution in [2.75, 3.05) is 26.9 Å². The van der Waals surface area contributed by atoms with Crippen molar-refractivity contribution in [3.05, 3.63) is 0 Å². The third kappa shape index (κ3) is 6.07. The van der Waals surface area contributed by atoms with Gasteiger partial charge in [-0.15, -0.1) is 0 Å². The summed E-state index contributed by atoms with van der Waals surface area (Å²) in [4.78, 5) is 33.9. The summed E-state index contributed by atoms with van der Waals surface area (Å²) in [6, 6.07) is 0. The van der Waals surface area contributed by atoms with Crippen molar-refractivity contribution in [2.24, 2.45) is 5.92 Å². The van der Waals surface area contributed by atoms with Crippen LogP contribution in [0.1, 0.15) is 20.3 Å². The van der Waals surface area contributed by atoms with Crippen LogP contribution in [0.5, 0.6) is 0 Å². The number of hydrogen-bond donors (Lipinski definition) is 1. The van der Waals surface area contributed by atoms with Crippen LogP contribution in [0.3, 0.4) is 0 Å². The number of esters is 2. The van der Waals surface area contributed by atoms with Crippen molar-refractivity contribution in [3.63, 3.8) is 0 Å². The number of carbonyl (C=O) groups is 3. The van der Waals surface area contributed by atoms with Gasteiger partial charge in [0.05, 0.1) is 20.3 Å². The van der Waals surface area contributed by atoms with Gasteiger partial charge in [-0.3, -0.25) is 9.59 Å². The Bertz CT molecular complexity index is 273. The van der Waals surface area contributed by atoms with Gasteiger partial charge in [0.1, 0.15) is 0 Å². The molecule has 0 saturated carbocycles. The van der Waals surface area contributed by atoms with Gasteiger partial charge in [-0.1, -0.05) is 0 Å². The van der Waals surface area contributed by atoms with E-state index in [-0.39, 0.29) is 26.2 Å². The Hall–Kier alpha value is -1.79. The molecule has 0 spiro atoms. The van der Waals surface area contributed by atoms with E-state index in [1.807, 2.05) is 0 Å². The van der Waals surface area contributed by atoms with Gasteiger partial charge in [-0.2, -0.15) is 0 Å². The first kappa shape index (κ1) is 16.2. The van der Waals surface area contributed by atoms with Crippen LogP contribution in [-0.4, -0.2) is 44.9 Å². The van der Waals surface area contributed by atoms with Gasteiger partial charge in [-0.05, 0) is 20.3 Å². The summed E-state index contributed by atoms with van der Waals surface area (Å²) in [5.41, 5.74) is 0. The van der Waals surface area contributed by atoms with E-state index in [1.54, 1.807) is 13.8 Å². The van der Waals surface area contributed by atoms with E-state index in [4.69, 9.17) is 9.47 Å². The number of hydrogen-bond acceptors (Lipinski definition) is 6. The van der Waals surface area contributed by atoms with E-state index in [0.29, 0.717) is 0 Å². The number of alkyl carbamates (subject to hydrolysis) is 1. The first-order chi connectivity index (χ1) is 8.56. The molecule has 104 valence electrons. The van der Waals surface area contributed by atoms with Gasteiger partial charge in [0.2, 0.25) is 0 Å². The minimum Gasteiger partial charge on any atom is -0.465 e. The van der Waals surface area contributed by atoms with Gasteiger partial charge in [-0.25, -0.2) is 4.79 Å². The standard InChI is InChI=1S/C11H19NO6/c1-4-17-9(13)8(10(14)18-5-2)6-7-12-11(15)16-3/h8H,4-7H2,1-3H3,(H,12,15). The van der Waals surface area contributed by atoms with E-state index in [9.17, 15) is 14.4 Å². The first-order valence-electron chi connectivity index (χ1n) is 5.71. The lowest BCUT2D eigenvalue weighted by Crippen LogP contribution is -2.33. The quantitative estimate of drug-likeness (QED) is 0.407. The van der Waals surface area contributed by atoms with Crippen molar-refractivity contribution in [1.29, 1.82) is 0 Å². The van der Waals surface area contributed by atoms with Crippen molar-refractivity contribution >= 4 is 18.0 Å². The van der Waals surface area contributed by atoms with Crippen molar-refractivity contribution < 1.29 is 28.6 Å². The molecule has 0 aliphatic carbocycles. The van der Waals surface area contributed by atoms with Crippen LogP contribution in [0.2, 0.25) is 0 Å². The fraction of sp³-hybridized carbons (Fsp3) is 0.727. The van der Waals surface area contributed by atoms with Crippen LogP contribution < -0.4 is 5.32 Å². The summed E-state index contributed by atoms with van der Waals surface area (Å²) in [6.07, 6.45) is -0.520. The second-order valence-corrected chi connectivity index (χ2v) is 3.26. The van der Waals surface area contributed by atoms with Crippen molar-refractivity contribution in [3.8, 4) is 0 Å². The minimum atomic E-state index is -1.03. The van der Waals surface area contributed by atoms with Crippen LogP contribution in [0.4, 0.5) is 4.79 Å². The highest BCUT2D eigenvalue weighted by atomic mass is 16.6. The monoisotopic (exact) mass is 261 g/mol. The summed E-state index contributed by atoms with van der Waals surface area (Å²) < 4.78 is 13.9. The molecule has 0 heterocycles. The fourth-order valence-electron chi connectivity index (χ4n) is 1.21. The Balaban J connectivity index is 4.33. The zero-order valence-corrected chi connectivity index (χ0v) is 10.9. The third-order valence-electron chi connectivity index (χ3n) is 2.03. The maximum Gasteiger partial charge on any atom is 0.406 e. The first-order valence-corrected chi connectivity index (χ1v) is 5.71. The van der Waals surface area contributed by atoms with E-state index in [0.717, 1.165) is 0 Å². The van der Waals surface area contributed by atoms with E-state index >= 15 is 0 Å². The summed E-state index contributed by atoms with van der Waals surface area (Å²) in [7, 11) is 1.23. The predicted molar refractivity (Wildman–Crippen MR) is 61.8 cm³/mol. The number of rotatable bonds is 7. The highest BCUT2D eigenvalue weighted by Crippen LogP contribution is 2.08. The Morgan fingerprint density at radius 1 is 1.06 bits per heavy atom. The molecule has 0 rings (SSSR count). The summed E-state index contributed by atoms with van der Waals surface area (Å²) in [6.45, 7) is 3.77. The van der Waals surface area contributed by atoms with Crippen molar-refractivity contribution in [1.82, 2.24) is 5.32 Å². The average molecular weight is 261 g/mol.